The van der Waals surface area contributed by atoms with Gasteiger partial charge in [-0.3, -0.25) is 4.79 Å². The van der Waals surface area contributed by atoms with Gasteiger partial charge in [0.15, 0.2) is 0 Å². The van der Waals surface area contributed by atoms with Gasteiger partial charge in [0.25, 0.3) is 0 Å². The molecule has 0 saturated carbocycles. The van der Waals surface area contributed by atoms with Crippen LogP contribution in [0.25, 0.3) is 0 Å². The first kappa shape index (κ1) is 1.20. The molecule has 0 rings (SSSR count). The fraction of sp³-hybridized carbons (Fsp3) is 0.667. The van der Waals surface area contributed by atoms with Crippen LogP contribution in [0.2, 0.25) is 2.82 Å². The molecule has 0 aliphatic heterocycles. The number of rotatable bonds is 2. The first-order valence-corrected chi connectivity index (χ1v) is 1.26. The maximum absolute atomic E-state index is 10.1. The van der Waals surface area contributed by atoms with Crippen LogP contribution in [0, 0.1) is 0 Å². The van der Waals surface area contributed by atoms with E-state index < -0.39 is 18.9 Å². The summed E-state index contributed by atoms with van der Waals surface area (Å²) in [4.78, 5) is 10.1. The van der Waals surface area contributed by atoms with Gasteiger partial charge in [-0.15, -0.1) is 0 Å². The van der Waals surface area contributed by atoms with Crippen LogP contribution in [0.15, 0.2) is 0 Å². The maximum atomic E-state index is 10.1. The van der Waals surface area contributed by atoms with Crippen molar-refractivity contribution in [1.82, 2.24) is 0 Å². The summed E-state index contributed by atoms with van der Waals surface area (Å²) in [7, 11) is 0. The molecule has 36 valence electrons. The highest BCUT2D eigenvalue weighted by molar-refractivity contribution is 5.72. The lowest BCUT2D eigenvalue weighted by Crippen LogP contribution is -2.25. The van der Waals surface area contributed by atoms with Gasteiger partial charge in [0.1, 0.15) is 8.87 Å². The standard InChI is InChI=1S/C3H7NO2/c1-2(4)3(5)6/h2H,4H2,1H3,(H,5,6)/t2-/m0/s1/i1D3/hD2. The number of hydrogen-bond donors (Lipinski definition) is 2. The summed E-state index contributed by atoms with van der Waals surface area (Å²) in [6.07, 6.45) is 0. The third-order valence-electron chi connectivity index (χ3n) is 0.234. The molecule has 0 spiro atoms. The Morgan fingerprint density at radius 3 is 3.17 bits per heavy atom. The lowest BCUT2D eigenvalue weighted by Gasteiger charge is -1.90. The lowest BCUT2D eigenvalue weighted by atomic mass is 10.4. The second kappa shape index (κ2) is 1.77. The molecule has 0 bridgehead atoms. The van der Waals surface area contributed by atoms with Gasteiger partial charge in [0, 0.05) is 4.11 Å². The molecule has 3 nitrogen and oxygen atoms in total. The molecule has 0 aliphatic rings. The predicted octanol–water partition coefficient (Wildman–Crippen LogP) is -0.582. The molecule has 0 aromatic heterocycles. The number of carboxylic acids is 1. The molecule has 3 N–H and O–H groups in total. The Hall–Kier alpha value is -0.570. The van der Waals surface area contributed by atoms with Crippen molar-refractivity contribution in [2.24, 2.45) is 5.72 Å². The van der Waals surface area contributed by atoms with Crippen LogP contribution < -0.4 is 5.72 Å². The van der Waals surface area contributed by atoms with E-state index in [-0.39, 0.29) is 5.72 Å². The Labute approximate surface area is 42.9 Å². The van der Waals surface area contributed by atoms with Crippen molar-refractivity contribution in [1.29, 1.82) is 0 Å². The quantitative estimate of drug-likeness (QED) is 0.481. The number of nitrogens with two attached hydrogens (primary N) is 1. The van der Waals surface area contributed by atoms with Gasteiger partial charge < -0.3 is 10.8 Å². The van der Waals surface area contributed by atoms with Crippen molar-refractivity contribution < 1.29 is 16.8 Å². The van der Waals surface area contributed by atoms with Gasteiger partial charge in [0.2, 0.25) is 0 Å². The van der Waals surface area contributed by atoms with E-state index in [4.69, 9.17) is 12.0 Å². The van der Waals surface area contributed by atoms with Crippen LogP contribution in [-0.2, 0) is 4.79 Å². The SMILES string of the molecule is [2H]N([2H])[C@H](C(=O)O)C([2H])([2H])[2H]. The molecular weight excluding hydrogens is 82.0 g/mol. The predicted molar refractivity (Wildman–Crippen MR) is 21.3 cm³/mol. The largest absolute Gasteiger partial charge is 0.480 e. The molecule has 1 atom stereocenters. The van der Waals surface area contributed by atoms with Crippen LogP contribution >= 0.6 is 0 Å². The van der Waals surface area contributed by atoms with Crippen LogP contribution in [0.4, 0.5) is 0 Å². The van der Waals surface area contributed by atoms with E-state index in [1.165, 1.54) is 0 Å². The summed E-state index contributed by atoms with van der Waals surface area (Å²) < 4.78 is 32.8. The average Bonchev–Trinajstić information content (AvgIpc) is 1.54. The molecular formula is C3H7NO2. The zero-order chi connectivity index (χ0) is 9.23. The van der Waals surface area contributed by atoms with E-state index in [1.807, 2.05) is 0 Å². The summed E-state index contributed by atoms with van der Waals surface area (Å²) in [6.45, 7) is -2.84. The van der Waals surface area contributed by atoms with E-state index in [0.29, 0.717) is 0 Å². The topological polar surface area (TPSA) is 63.3 Å². The minimum absolute atomic E-state index is 0.338. The summed E-state index contributed by atoms with van der Waals surface area (Å²) in [6, 6.07) is -2.08. The highest BCUT2D eigenvalue weighted by Gasteiger charge is 1.99. The Morgan fingerprint density at radius 1 is 2.50 bits per heavy atom. The molecule has 0 saturated heterocycles. The normalized spacial score (nSPS) is 28.5. The molecule has 0 aliphatic carbocycles. The summed E-state index contributed by atoms with van der Waals surface area (Å²) >= 11 is 0. The Balaban J connectivity index is 4.49. The Morgan fingerprint density at radius 2 is 3.17 bits per heavy atom. The monoisotopic (exact) mass is 94.1 g/mol. The number of carbonyl (C=O) groups is 1. The third-order valence-corrected chi connectivity index (χ3v) is 0.234. The highest BCUT2D eigenvalue weighted by atomic mass is 16.4. The van der Waals surface area contributed by atoms with Crippen molar-refractivity contribution in [3.8, 4) is 0 Å². The van der Waals surface area contributed by atoms with Crippen LogP contribution in [-0.4, -0.2) is 17.1 Å². The second-order valence-corrected chi connectivity index (χ2v) is 0.741. The molecule has 0 fully saturated rings. The maximum Gasteiger partial charge on any atom is 0.320 e. The summed E-state index contributed by atoms with van der Waals surface area (Å²) in [5.74, 6) is -1.70. The van der Waals surface area contributed by atoms with E-state index >= 15 is 0 Å². The molecule has 0 aromatic rings. The van der Waals surface area contributed by atoms with Crippen molar-refractivity contribution >= 4 is 5.97 Å². The van der Waals surface area contributed by atoms with Crippen LogP contribution in [0.1, 0.15) is 11.0 Å². The minimum Gasteiger partial charge on any atom is -0.480 e. The fourth-order valence-corrected chi connectivity index (χ4v) is 0. The molecule has 3 heteroatoms. The highest BCUT2D eigenvalue weighted by Crippen LogP contribution is 1.68. The number of aliphatic carboxylic acids is 1. The molecule has 0 unspecified atom stereocenters. The first-order chi connectivity index (χ1) is 4.76. The zero-order valence-corrected chi connectivity index (χ0v) is 2.88. The number of hydrogen-bond acceptors (Lipinski definition) is 2. The second-order valence-electron chi connectivity index (χ2n) is 0.741. The summed E-state index contributed by atoms with van der Waals surface area (Å²) in [5.41, 5.74) is -0.338. The van der Waals surface area contributed by atoms with Gasteiger partial charge in [-0.2, -0.15) is 0 Å². The molecule has 0 aromatic carbocycles. The molecule has 0 amide bonds. The fourth-order valence-electron chi connectivity index (χ4n) is 0. The smallest absolute Gasteiger partial charge is 0.320 e. The van der Waals surface area contributed by atoms with Gasteiger partial charge >= 0.3 is 5.97 Å². The van der Waals surface area contributed by atoms with Crippen LogP contribution in [0.5, 0.6) is 0 Å². The molecule has 6 heavy (non-hydrogen) atoms. The van der Waals surface area contributed by atoms with Crippen molar-refractivity contribution in [2.45, 2.75) is 12.9 Å². The Kier molecular flexibility index (Phi) is 0.353. The molecule has 0 radical (unpaired) electrons. The lowest BCUT2D eigenvalue weighted by molar-refractivity contribution is -0.138. The molecule has 0 heterocycles. The average molecular weight is 94.1 g/mol. The van der Waals surface area contributed by atoms with E-state index in [1.54, 1.807) is 0 Å². The van der Waals surface area contributed by atoms with E-state index in [9.17, 15) is 4.79 Å². The zero-order valence-electron chi connectivity index (χ0n) is 7.88. The van der Waals surface area contributed by atoms with Gasteiger partial charge in [-0.25, -0.2) is 0 Å². The van der Waals surface area contributed by atoms with Gasteiger partial charge in [-0.1, -0.05) is 0 Å². The van der Waals surface area contributed by atoms with Crippen molar-refractivity contribution in [3.05, 3.63) is 0 Å². The van der Waals surface area contributed by atoms with E-state index in [0.717, 1.165) is 0 Å². The van der Waals surface area contributed by atoms with Gasteiger partial charge in [0.05, 0.1) is 0 Å². The van der Waals surface area contributed by atoms with Crippen LogP contribution in [0.3, 0.4) is 0 Å². The minimum atomic E-state index is -2.84. The van der Waals surface area contributed by atoms with Gasteiger partial charge in [-0.05, 0) is 6.85 Å². The third kappa shape index (κ3) is 1.72. The van der Waals surface area contributed by atoms with Crippen molar-refractivity contribution in [2.75, 3.05) is 0 Å². The Bertz CT molecular complexity index is 154. The summed E-state index contributed by atoms with van der Waals surface area (Å²) in [5, 5.41) is 8.24. The first-order valence-electron chi connectivity index (χ1n) is 3.66. The van der Waals surface area contributed by atoms with E-state index in [2.05, 4.69) is 0 Å². The number of carboxylic acid groups (broad SMARTS) is 1. The van der Waals surface area contributed by atoms with Crippen molar-refractivity contribution in [3.63, 3.8) is 0 Å².